The van der Waals surface area contributed by atoms with Crippen LogP contribution >= 0.6 is 11.3 Å². The van der Waals surface area contributed by atoms with Crippen molar-refractivity contribution >= 4 is 40.7 Å². The maximum atomic E-state index is 13.6. The van der Waals surface area contributed by atoms with Crippen LogP contribution in [0.3, 0.4) is 0 Å². The lowest BCUT2D eigenvalue weighted by Crippen LogP contribution is -2.56. The van der Waals surface area contributed by atoms with Crippen LogP contribution in [0.1, 0.15) is 83.7 Å². The number of hydrogen-bond acceptors (Lipinski definition) is 11. The van der Waals surface area contributed by atoms with Gasteiger partial charge in [-0.2, -0.15) is 0 Å². The summed E-state index contributed by atoms with van der Waals surface area (Å²) >= 11 is 1.46. The highest BCUT2D eigenvalue weighted by Gasteiger charge is 2.31. The highest BCUT2D eigenvalue weighted by atomic mass is 32.1. The Morgan fingerprint density at radius 1 is 1.15 bits per heavy atom. The molecule has 0 aliphatic carbocycles. The monoisotopic (exact) mass is 764 g/mol. The summed E-state index contributed by atoms with van der Waals surface area (Å²) in [5.41, 5.74) is 9.01. The zero-order chi connectivity index (χ0) is 39.6. The van der Waals surface area contributed by atoms with Crippen LogP contribution in [0.25, 0.3) is 33.4 Å². The van der Waals surface area contributed by atoms with Crippen molar-refractivity contribution < 1.29 is 33.7 Å². The number of benzene rings is 1. The second-order valence-electron chi connectivity index (χ2n) is 15.1. The number of methoxy groups -OCH3 is 2. The lowest BCUT2D eigenvalue weighted by atomic mass is 9.84. The SMILES string of the molecule is CCn1c(-c2cccnc2C(C)OC)c(CC(C)(C)CO)c2cc(-c3csc(CC(NC(=O)OC(C)(C)C)C(=O)N4CCCCN4)n3)ccc21.COC=O. The summed E-state index contributed by atoms with van der Waals surface area (Å²) in [6.45, 7) is 16.1. The summed E-state index contributed by atoms with van der Waals surface area (Å²) in [6.07, 6.45) is 3.73. The molecule has 3 aromatic heterocycles. The van der Waals surface area contributed by atoms with Crippen LogP contribution in [-0.4, -0.2) is 88.7 Å². The van der Waals surface area contributed by atoms with Crippen molar-refractivity contribution in [3.05, 3.63) is 58.2 Å². The van der Waals surface area contributed by atoms with Crippen molar-refractivity contribution in [1.29, 1.82) is 0 Å². The Hall–Kier alpha value is -4.37. The number of nitrogens with zero attached hydrogens (tertiary/aromatic N) is 4. The first kappa shape index (κ1) is 42.4. The third-order valence-electron chi connectivity index (χ3n) is 9.09. The standard InChI is InChI=1S/C38H52N6O5S.C2H4O2/c1-9-43-31-15-14-25(19-27(31)28(21-38(6,7)23-45)34(43)26-13-12-16-39-33(26)24(2)48-8)30-22-50-32(41-30)20-29(42-36(47)49-37(3,4)5)35(46)44-18-11-10-17-40-44;1-4-2-3/h12-16,19,22,24,29,40,45H,9-11,17-18,20-21,23H2,1-8H3,(H,42,47);2H,1H3. The molecule has 2 unspecified atom stereocenters. The Balaban J connectivity index is 0.00000155. The van der Waals surface area contributed by atoms with E-state index < -0.39 is 17.7 Å². The van der Waals surface area contributed by atoms with Gasteiger partial charge in [0.25, 0.3) is 12.4 Å². The number of amides is 2. The van der Waals surface area contributed by atoms with E-state index in [9.17, 15) is 14.7 Å². The number of fused-ring (bicyclic) bond motifs is 1. The van der Waals surface area contributed by atoms with Crippen LogP contribution in [0.4, 0.5) is 4.79 Å². The van der Waals surface area contributed by atoms with Gasteiger partial charge >= 0.3 is 6.09 Å². The molecular weight excluding hydrogens is 709 g/mol. The lowest BCUT2D eigenvalue weighted by Gasteiger charge is -2.31. The number of aryl methyl sites for hydroxylation is 1. The summed E-state index contributed by atoms with van der Waals surface area (Å²) in [7, 11) is 3.01. The van der Waals surface area contributed by atoms with Gasteiger partial charge < -0.3 is 29.2 Å². The molecule has 2 amide bonds. The van der Waals surface area contributed by atoms with Gasteiger partial charge in [-0.1, -0.05) is 19.9 Å². The molecule has 2 atom stereocenters. The number of carbonyl (C=O) groups excluding carboxylic acids is 3. The Morgan fingerprint density at radius 3 is 2.50 bits per heavy atom. The Kier molecular flexibility index (Phi) is 14.7. The van der Waals surface area contributed by atoms with Crippen molar-refractivity contribution in [2.24, 2.45) is 5.41 Å². The van der Waals surface area contributed by atoms with Crippen molar-refractivity contribution in [1.82, 2.24) is 30.3 Å². The Bertz CT molecular complexity index is 1880. The molecule has 5 rings (SSSR count). The normalized spacial score (nSPS) is 14.5. The summed E-state index contributed by atoms with van der Waals surface area (Å²) in [6, 6.07) is 9.62. The second-order valence-corrected chi connectivity index (χ2v) is 16.0. The van der Waals surface area contributed by atoms with E-state index in [1.54, 1.807) is 39.1 Å². The molecule has 0 saturated carbocycles. The van der Waals surface area contributed by atoms with Gasteiger partial charge in [-0.05, 0) is 89.1 Å². The van der Waals surface area contributed by atoms with Gasteiger partial charge in [0, 0.05) is 73.4 Å². The van der Waals surface area contributed by atoms with E-state index in [0.717, 1.165) is 69.1 Å². The summed E-state index contributed by atoms with van der Waals surface area (Å²) in [5, 5.41) is 18.6. The fraction of sp³-hybridized carbons (Fsp3) is 0.525. The van der Waals surface area contributed by atoms with Gasteiger partial charge in [0.15, 0.2) is 0 Å². The van der Waals surface area contributed by atoms with Gasteiger partial charge in [-0.3, -0.25) is 19.6 Å². The van der Waals surface area contributed by atoms with E-state index in [-0.39, 0.29) is 30.5 Å². The molecule has 1 aliphatic rings. The molecule has 14 heteroatoms. The van der Waals surface area contributed by atoms with Crippen molar-refractivity contribution in [2.75, 3.05) is 33.9 Å². The summed E-state index contributed by atoms with van der Waals surface area (Å²) < 4.78 is 17.4. The smallest absolute Gasteiger partial charge is 0.408 e. The van der Waals surface area contributed by atoms with Crippen LogP contribution in [0.15, 0.2) is 41.9 Å². The molecule has 54 heavy (non-hydrogen) atoms. The minimum atomic E-state index is -0.839. The van der Waals surface area contributed by atoms with E-state index in [0.29, 0.717) is 26.0 Å². The van der Waals surface area contributed by atoms with Gasteiger partial charge in [0.2, 0.25) is 0 Å². The predicted octanol–water partition coefficient (Wildman–Crippen LogP) is 6.47. The summed E-state index contributed by atoms with van der Waals surface area (Å²) in [5.74, 6) is -0.212. The van der Waals surface area contributed by atoms with Crippen LogP contribution in [0.5, 0.6) is 0 Å². The average molecular weight is 765 g/mol. The molecule has 3 N–H and O–H groups in total. The fourth-order valence-electron chi connectivity index (χ4n) is 6.41. The molecule has 294 valence electrons. The molecule has 4 aromatic rings. The molecule has 0 radical (unpaired) electrons. The maximum Gasteiger partial charge on any atom is 0.408 e. The number of thiazole rings is 1. The van der Waals surface area contributed by atoms with Crippen LogP contribution < -0.4 is 10.7 Å². The largest absolute Gasteiger partial charge is 0.471 e. The van der Waals surface area contributed by atoms with Crippen molar-refractivity contribution in [3.8, 4) is 22.5 Å². The molecule has 0 bridgehead atoms. The molecule has 0 spiro atoms. The fourth-order valence-corrected chi connectivity index (χ4v) is 7.26. The van der Waals surface area contributed by atoms with Gasteiger partial charge in [0.05, 0.1) is 35.3 Å². The zero-order valence-corrected chi connectivity index (χ0v) is 33.8. The number of ether oxygens (including phenoxy) is 3. The Morgan fingerprint density at radius 2 is 1.89 bits per heavy atom. The van der Waals surface area contributed by atoms with Crippen molar-refractivity contribution in [2.45, 2.75) is 98.4 Å². The molecule has 1 aromatic carbocycles. The van der Waals surface area contributed by atoms with E-state index in [1.807, 2.05) is 18.4 Å². The predicted molar refractivity (Wildman–Crippen MR) is 211 cm³/mol. The van der Waals surface area contributed by atoms with Gasteiger partial charge in [-0.25, -0.2) is 15.2 Å². The van der Waals surface area contributed by atoms with Crippen LogP contribution in [-0.2, 0) is 43.2 Å². The first-order chi connectivity index (χ1) is 25.7. The van der Waals surface area contributed by atoms with E-state index >= 15 is 0 Å². The molecular formula is C40H56N6O7S. The highest BCUT2D eigenvalue weighted by Crippen LogP contribution is 2.41. The number of hydrogen-bond donors (Lipinski definition) is 3. The number of aliphatic hydroxyl groups excluding tert-OH is 1. The number of alkyl carbamates (subject to hydrolysis) is 1. The topological polar surface area (TPSA) is 157 Å². The van der Waals surface area contributed by atoms with E-state index in [4.69, 9.17) is 24.2 Å². The summed E-state index contributed by atoms with van der Waals surface area (Å²) in [4.78, 5) is 45.1. The zero-order valence-electron chi connectivity index (χ0n) is 33.0. The number of aliphatic hydroxyl groups is 1. The second kappa shape index (κ2) is 18.8. The van der Waals surface area contributed by atoms with Crippen LogP contribution in [0, 0.1) is 5.41 Å². The third-order valence-corrected chi connectivity index (χ3v) is 9.96. The number of aromatic nitrogens is 3. The number of hydrazine groups is 1. The maximum absolute atomic E-state index is 13.6. The lowest BCUT2D eigenvalue weighted by molar-refractivity contribution is -0.137. The first-order valence-corrected chi connectivity index (χ1v) is 19.2. The number of nitrogens with one attached hydrogen (secondary N) is 2. The highest BCUT2D eigenvalue weighted by molar-refractivity contribution is 7.10. The van der Waals surface area contributed by atoms with Crippen LogP contribution in [0.2, 0.25) is 0 Å². The number of rotatable bonds is 13. The van der Waals surface area contributed by atoms with E-state index in [1.165, 1.54) is 18.4 Å². The molecule has 13 nitrogen and oxygen atoms in total. The minimum absolute atomic E-state index is 0.0406. The quantitative estimate of drug-likeness (QED) is 0.129. The molecule has 4 heterocycles. The van der Waals surface area contributed by atoms with E-state index in [2.05, 4.69) is 65.1 Å². The first-order valence-electron chi connectivity index (χ1n) is 18.4. The average Bonchev–Trinajstić information content (AvgIpc) is 3.75. The molecule has 1 saturated heterocycles. The minimum Gasteiger partial charge on any atom is -0.471 e. The number of carbonyl (C=O) groups is 3. The van der Waals surface area contributed by atoms with Gasteiger partial charge in [0.1, 0.15) is 11.6 Å². The van der Waals surface area contributed by atoms with Crippen molar-refractivity contribution in [3.63, 3.8) is 0 Å². The Labute approximate surface area is 322 Å². The third kappa shape index (κ3) is 10.6. The van der Waals surface area contributed by atoms with Gasteiger partial charge in [-0.15, -0.1) is 11.3 Å². The molecule has 1 fully saturated rings. The number of pyridine rings is 1. The molecule has 1 aliphatic heterocycles.